The number of thiazole rings is 1. The average molecular weight is 678 g/mol. The van der Waals surface area contributed by atoms with E-state index in [0.717, 1.165) is 37.9 Å². The van der Waals surface area contributed by atoms with Gasteiger partial charge in [-0.05, 0) is 45.4 Å². The van der Waals surface area contributed by atoms with E-state index in [2.05, 4.69) is 45.8 Å². The molecule has 2 amide bonds. The van der Waals surface area contributed by atoms with Gasteiger partial charge in [0.05, 0.1) is 46.5 Å². The molecule has 1 aromatic carbocycles. The van der Waals surface area contributed by atoms with E-state index in [4.69, 9.17) is 11.6 Å². The van der Waals surface area contributed by atoms with Gasteiger partial charge in [-0.2, -0.15) is 0 Å². The number of nitrogens with one attached hydrogen (secondary N) is 4. The monoisotopic (exact) mass is 677 g/mol. The van der Waals surface area contributed by atoms with E-state index < -0.39 is 0 Å². The number of hydrogen-bond donors (Lipinski definition) is 4. The molecule has 248 valence electrons. The fourth-order valence-electron chi connectivity index (χ4n) is 5.38. The summed E-state index contributed by atoms with van der Waals surface area (Å²) in [5.74, 6) is 1.65. The molecule has 4 aromatic rings. The molecule has 12 nitrogen and oxygen atoms in total. The highest BCUT2D eigenvalue weighted by atomic mass is 35.5. The van der Waals surface area contributed by atoms with E-state index in [-0.39, 0.29) is 29.6 Å². The first-order valence-electron chi connectivity index (χ1n) is 15.8. The van der Waals surface area contributed by atoms with Crippen LogP contribution in [0.4, 0.5) is 16.6 Å². The molecule has 3 aromatic heterocycles. The van der Waals surface area contributed by atoms with E-state index in [1.807, 2.05) is 33.0 Å². The number of Topliss-reactive ketones (excluding diaryl/α,β-unsaturated/α-hetero) is 1. The molecular weight excluding hydrogens is 638 g/mol. The highest BCUT2D eigenvalue weighted by Gasteiger charge is 2.32. The number of amides is 2. The van der Waals surface area contributed by atoms with Crippen LogP contribution < -0.4 is 16.0 Å². The molecule has 1 aliphatic rings. The summed E-state index contributed by atoms with van der Waals surface area (Å²) in [4.78, 5) is 61.6. The molecule has 4 N–H and O–H groups in total. The van der Waals surface area contributed by atoms with Crippen LogP contribution in [0.2, 0.25) is 5.02 Å². The Morgan fingerprint density at radius 3 is 2.66 bits per heavy atom. The van der Waals surface area contributed by atoms with Crippen molar-refractivity contribution in [1.29, 1.82) is 0 Å². The number of benzene rings is 1. The molecule has 0 spiro atoms. The number of carbonyl (C=O) groups is 3. The molecule has 0 unspecified atom stereocenters. The number of anilines is 3. The standard InChI is InChI=1S/C33H40ClN9O3S/c1-5-22(44)11-7-6-8-13-24(40-31(45)21-17-43(4)18-21)30-35-15-26(39-30)25-14-28(38-20(3)37-25)41-33-36-16-27(47-33)32(46)42-29-19(2)10-9-12-23(29)34/h9-10,12,14-16,21,24H,5-8,11,13,17-18H2,1-4H3,(H,35,39)(H,40,45)(H,42,46)(H,36,37,38,41)/t24-/m0/s1. The number of aryl methyl sites for hydroxylation is 2. The van der Waals surface area contributed by atoms with Crippen molar-refractivity contribution < 1.29 is 14.4 Å². The molecule has 14 heteroatoms. The van der Waals surface area contributed by atoms with Gasteiger partial charge >= 0.3 is 0 Å². The van der Waals surface area contributed by atoms with E-state index in [1.165, 1.54) is 17.5 Å². The molecule has 1 atom stereocenters. The Labute approximate surface area is 283 Å². The van der Waals surface area contributed by atoms with Gasteiger partial charge in [-0.3, -0.25) is 14.4 Å². The van der Waals surface area contributed by atoms with Gasteiger partial charge in [0.1, 0.15) is 28.1 Å². The Balaban J connectivity index is 1.27. The van der Waals surface area contributed by atoms with Gasteiger partial charge in [0.25, 0.3) is 5.91 Å². The molecule has 1 aliphatic heterocycles. The zero-order chi connectivity index (χ0) is 33.5. The molecule has 47 heavy (non-hydrogen) atoms. The van der Waals surface area contributed by atoms with E-state index in [9.17, 15) is 14.4 Å². The number of halogens is 1. The number of aromatic amines is 1. The minimum atomic E-state index is -0.309. The lowest BCUT2D eigenvalue weighted by Crippen LogP contribution is -2.52. The maximum absolute atomic E-state index is 13.0. The van der Waals surface area contributed by atoms with Crippen LogP contribution in [-0.4, -0.2) is 67.6 Å². The zero-order valence-corrected chi connectivity index (χ0v) is 28.6. The summed E-state index contributed by atoms with van der Waals surface area (Å²) in [6.07, 6.45) is 7.66. The van der Waals surface area contributed by atoms with Crippen molar-refractivity contribution in [3.8, 4) is 11.4 Å². The highest BCUT2D eigenvalue weighted by Crippen LogP contribution is 2.29. The van der Waals surface area contributed by atoms with Crippen molar-refractivity contribution >= 4 is 57.2 Å². The van der Waals surface area contributed by atoms with Crippen molar-refractivity contribution in [2.24, 2.45) is 5.92 Å². The predicted molar refractivity (Wildman–Crippen MR) is 184 cm³/mol. The van der Waals surface area contributed by atoms with Crippen LogP contribution in [-0.2, 0) is 9.59 Å². The number of rotatable bonds is 15. The van der Waals surface area contributed by atoms with Gasteiger partial charge in [-0.25, -0.2) is 19.9 Å². The first-order chi connectivity index (χ1) is 22.6. The fourth-order valence-corrected chi connectivity index (χ4v) is 6.37. The van der Waals surface area contributed by atoms with Gasteiger partial charge in [0.15, 0.2) is 5.13 Å². The lowest BCUT2D eigenvalue weighted by molar-refractivity contribution is -0.130. The second-order valence-electron chi connectivity index (χ2n) is 11.9. The van der Waals surface area contributed by atoms with Crippen molar-refractivity contribution in [1.82, 2.24) is 35.1 Å². The van der Waals surface area contributed by atoms with Gasteiger partial charge in [-0.1, -0.05) is 54.8 Å². The summed E-state index contributed by atoms with van der Waals surface area (Å²) in [5.41, 5.74) is 2.72. The molecule has 1 fully saturated rings. The summed E-state index contributed by atoms with van der Waals surface area (Å²) in [6, 6.07) is 6.92. The van der Waals surface area contributed by atoms with Crippen molar-refractivity contribution in [3.05, 3.63) is 63.8 Å². The maximum atomic E-state index is 13.0. The summed E-state index contributed by atoms with van der Waals surface area (Å²) in [6.45, 7) is 7.04. The number of ketones is 1. The van der Waals surface area contributed by atoms with E-state index >= 15 is 0 Å². The third kappa shape index (κ3) is 8.99. The fraction of sp³-hybridized carbons (Fsp3) is 0.424. The van der Waals surface area contributed by atoms with E-state index in [0.29, 0.717) is 68.8 Å². The SMILES string of the molecule is CCC(=O)CCCCC[C@H](NC(=O)C1CN(C)C1)c1ncc(-c2cc(Nc3ncc(C(=O)Nc4c(C)cccc4Cl)s3)nc(C)n2)[nH]1. The average Bonchev–Trinajstić information content (AvgIpc) is 3.71. The first kappa shape index (κ1) is 34.1. The molecule has 4 heterocycles. The molecular formula is C33H40ClN9O3S. The summed E-state index contributed by atoms with van der Waals surface area (Å²) in [5, 5.41) is 10.2. The molecule has 1 saturated heterocycles. The molecule has 0 bridgehead atoms. The largest absolute Gasteiger partial charge is 0.346 e. The van der Waals surface area contributed by atoms with Crippen LogP contribution in [0.3, 0.4) is 0 Å². The minimum Gasteiger partial charge on any atom is -0.346 e. The number of imidazole rings is 1. The minimum absolute atomic E-state index is 0.0232. The quantitative estimate of drug-likeness (QED) is 0.107. The third-order valence-corrected chi connectivity index (χ3v) is 9.29. The third-order valence-electron chi connectivity index (χ3n) is 8.06. The molecule has 0 saturated carbocycles. The van der Waals surface area contributed by atoms with Gasteiger partial charge in [-0.15, -0.1) is 0 Å². The molecule has 0 aliphatic carbocycles. The number of para-hydroxylation sites is 1. The van der Waals surface area contributed by atoms with Crippen LogP contribution in [0, 0.1) is 19.8 Å². The van der Waals surface area contributed by atoms with Crippen LogP contribution in [0.5, 0.6) is 0 Å². The summed E-state index contributed by atoms with van der Waals surface area (Å²) in [7, 11) is 2.00. The van der Waals surface area contributed by atoms with Gasteiger partial charge < -0.3 is 25.8 Å². The zero-order valence-electron chi connectivity index (χ0n) is 27.0. The van der Waals surface area contributed by atoms with Crippen LogP contribution >= 0.6 is 22.9 Å². The van der Waals surface area contributed by atoms with Crippen molar-refractivity contribution in [2.75, 3.05) is 30.8 Å². The Morgan fingerprint density at radius 2 is 1.91 bits per heavy atom. The predicted octanol–water partition coefficient (Wildman–Crippen LogP) is 6.24. The van der Waals surface area contributed by atoms with Crippen LogP contribution in [0.1, 0.15) is 78.4 Å². The maximum Gasteiger partial charge on any atom is 0.267 e. The second-order valence-corrected chi connectivity index (χ2v) is 13.3. The van der Waals surface area contributed by atoms with Crippen molar-refractivity contribution in [2.45, 2.75) is 65.3 Å². The lowest BCUT2D eigenvalue weighted by atomic mass is 9.98. The van der Waals surface area contributed by atoms with Crippen molar-refractivity contribution in [3.63, 3.8) is 0 Å². The molecule has 0 radical (unpaired) electrons. The number of carbonyl (C=O) groups excluding carboxylic acids is 3. The van der Waals surface area contributed by atoms with Crippen LogP contribution in [0.15, 0.2) is 36.7 Å². The van der Waals surface area contributed by atoms with E-state index in [1.54, 1.807) is 25.3 Å². The Hall–Kier alpha value is -4.20. The second kappa shape index (κ2) is 15.6. The number of H-pyrrole nitrogens is 1. The highest BCUT2D eigenvalue weighted by molar-refractivity contribution is 7.17. The normalized spacial score (nSPS) is 14.0. The summed E-state index contributed by atoms with van der Waals surface area (Å²) >= 11 is 7.47. The van der Waals surface area contributed by atoms with Gasteiger partial charge in [0, 0.05) is 32.0 Å². The Morgan fingerprint density at radius 1 is 1.11 bits per heavy atom. The number of nitrogens with zero attached hydrogens (tertiary/aromatic N) is 5. The number of aromatic nitrogens is 5. The Kier molecular flexibility index (Phi) is 11.3. The van der Waals surface area contributed by atoms with Gasteiger partial charge in [0.2, 0.25) is 5.91 Å². The molecule has 5 rings (SSSR count). The summed E-state index contributed by atoms with van der Waals surface area (Å²) < 4.78 is 0. The number of unbranched alkanes of at least 4 members (excludes halogenated alkanes) is 2. The van der Waals surface area contributed by atoms with Crippen LogP contribution in [0.25, 0.3) is 11.4 Å². The topological polar surface area (TPSA) is 158 Å². The number of hydrogen-bond acceptors (Lipinski definition) is 10. The lowest BCUT2D eigenvalue weighted by Gasteiger charge is -2.35. The number of likely N-dealkylation sites (tertiary alicyclic amines) is 1. The smallest absolute Gasteiger partial charge is 0.267 e. The Bertz CT molecular complexity index is 1710. The first-order valence-corrected chi connectivity index (χ1v) is 17.0.